The predicted octanol–water partition coefficient (Wildman–Crippen LogP) is 3.57. The summed E-state index contributed by atoms with van der Waals surface area (Å²) in [6.45, 7) is 1.99. The summed E-state index contributed by atoms with van der Waals surface area (Å²) in [5.74, 6) is -0.284. The van der Waals surface area contributed by atoms with E-state index in [4.69, 9.17) is 5.41 Å². The Hall–Kier alpha value is -4.66. The minimum absolute atomic E-state index is 0.211. The molecule has 0 saturated carbocycles. The standard InChI is InChI=1S/C25H23N7O2/c1-16-4-7-20(30-24(34)17-5-8-19(9-6-17)29-23(33)14-26)13-22(16)32-25-28-12-10-21(31-25)18-3-2-11-27-15-18/h2-12,14-15,20,26H,13H2,1H3,(H,29,33)(H,30,34)(H,28,31,32). The lowest BCUT2D eigenvalue weighted by Crippen LogP contribution is -2.35. The SMILES string of the molecule is CC1=C(Nc2nccc(-c3cccnc3)n2)CC(NC(=O)c2ccc(NC(=O)C=N)cc2)C=C1. The summed E-state index contributed by atoms with van der Waals surface area (Å²) in [6, 6.07) is 11.9. The van der Waals surface area contributed by atoms with Gasteiger partial charge in [-0.3, -0.25) is 14.6 Å². The number of aromatic nitrogens is 3. The van der Waals surface area contributed by atoms with Gasteiger partial charge in [-0.25, -0.2) is 9.97 Å². The van der Waals surface area contributed by atoms with Gasteiger partial charge in [0.15, 0.2) is 0 Å². The van der Waals surface area contributed by atoms with Gasteiger partial charge < -0.3 is 21.4 Å². The molecule has 2 aromatic heterocycles. The molecule has 0 saturated heterocycles. The van der Waals surface area contributed by atoms with Crippen LogP contribution in [-0.4, -0.2) is 39.0 Å². The molecular weight excluding hydrogens is 430 g/mol. The van der Waals surface area contributed by atoms with Gasteiger partial charge in [-0.15, -0.1) is 0 Å². The molecule has 4 rings (SSSR count). The van der Waals surface area contributed by atoms with Crippen molar-refractivity contribution in [1.82, 2.24) is 20.3 Å². The van der Waals surface area contributed by atoms with Crippen LogP contribution in [0.5, 0.6) is 0 Å². The van der Waals surface area contributed by atoms with E-state index in [1.54, 1.807) is 42.9 Å². The first-order valence-corrected chi connectivity index (χ1v) is 10.6. The Bertz CT molecular complexity index is 1270. The number of carbonyl (C=O) groups excluding carboxylic acids is 2. The molecular formula is C25H23N7O2. The molecule has 170 valence electrons. The van der Waals surface area contributed by atoms with Crippen molar-refractivity contribution in [3.63, 3.8) is 0 Å². The monoisotopic (exact) mass is 453 g/mol. The number of hydrogen-bond donors (Lipinski definition) is 4. The van der Waals surface area contributed by atoms with Crippen molar-refractivity contribution in [2.75, 3.05) is 10.6 Å². The summed E-state index contributed by atoms with van der Waals surface area (Å²) in [4.78, 5) is 37.0. The second kappa shape index (κ2) is 10.3. The molecule has 0 spiro atoms. The quantitative estimate of drug-likeness (QED) is 0.404. The van der Waals surface area contributed by atoms with E-state index < -0.39 is 5.91 Å². The normalized spacial score (nSPS) is 14.9. The highest BCUT2D eigenvalue weighted by Crippen LogP contribution is 2.22. The van der Waals surface area contributed by atoms with E-state index in [9.17, 15) is 9.59 Å². The second-order valence-corrected chi connectivity index (χ2v) is 7.65. The average Bonchev–Trinajstić information content (AvgIpc) is 2.87. The molecule has 2 amide bonds. The van der Waals surface area contributed by atoms with Crippen molar-refractivity contribution in [2.45, 2.75) is 19.4 Å². The Morgan fingerprint density at radius 1 is 1.12 bits per heavy atom. The van der Waals surface area contributed by atoms with E-state index in [0.717, 1.165) is 22.5 Å². The number of anilines is 2. The average molecular weight is 454 g/mol. The molecule has 0 radical (unpaired) electrons. The van der Waals surface area contributed by atoms with E-state index in [2.05, 4.69) is 30.9 Å². The topological polar surface area (TPSA) is 133 Å². The minimum Gasteiger partial charge on any atom is -0.345 e. The van der Waals surface area contributed by atoms with Crippen LogP contribution in [0.2, 0.25) is 0 Å². The third-order valence-electron chi connectivity index (χ3n) is 5.22. The number of allylic oxidation sites excluding steroid dienone is 2. The number of hydrogen-bond acceptors (Lipinski definition) is 7. The molecule has 2 heterocycles. The van der Waals surface area contributed by atoms with Crippen LogP contribution in [-0.2, 0) is 4.79 Å². The summed E-state index contributed by atoms with van der Waals surface area (Å²) < 4.78 is 0. The fraction of sp³-hybridized carbons (Fsp3) is 0.120. The highest BCUT2D eigenvalue weighted by Gasteiger charge is 2.18. The van der Waals surface area contributed by atoms with Crippen molar-refractivity contribution >= 4 is 29.7 Å². The van der Waals surface area contributed by atoms with Gasteiger partial charge in [0.1, 0.15) is 0 Å². The number of amides is 2. The third-order valence-corrected chi connectivity index (χ3v) is 5.22. The first-order valence-electron chi connectivity index (χ1n) is 10.6. The Balaban J connectivity index is 1.40. The van der Waals surface area contributed by atoms with Crippen molar-refractivity contribution < 1.29 is 9.59 Å². The molecule has 1 atom stereocenters. The molecule has 34 heavy (non-hydrogen) atoms. The van der Waals surface area contributed by atoms with Crippen LogP contribution >= 0.6 is 0 Å². The molecule has 1 aliphatic rings. The predicted molar refractivity (Wildman–Crippen MR) is 130 cm³/mol. The second-order valence-electron chi connectivity index (χ2n) is 7.65. The summed E-state index contributed by atoms with van der Waals surface area (Å²) in [5, 5.41) is 15.8. The van der Waals surface area contributed by atoms with Crippen molar-refractivity contribution in [1.29, 1.82) is 5.41 Å². The molecule has 0 bridgehead atoms. The van der Waals surface area contributed by atoms with E-state index >= 15 is 0 Å². The van der Waals surface area contributed by atoms with Gasteiger partial charge in [0.25, 0.3) is 11.8 Å². The minimum atomic E-state index is -0.526. The zero-order valence-electron chi connectivity index (χ0n) is 18.4. The van der Waals surface area contributed by atoms with Crippen LogP contribution in [0.3, 0.4) is 0 Å². The van der Waals surface area contributed by atoms with Crippen LogP contribution in [0.25, 0.3) is 11.3 Å². The van der Waals surface area contributed by atoms with Crippen LogP contribution in [0.15, 0.2) is 84.5 Å². The summed E-state index contributed by atoms with van der Waals surface area (Å²) in [6.07, 6.45) is 10.3. The lowest BCUT2D eigenvalue weighted by atomic mass is 10.00. The van der Waals surface area contributed by atoms with Gasteiger partial charge in [0, 0.05) is 47.5 Å². The highest BCUT2D eigenvalue weighted by molar-refractivity contribution is 6.30. The maximum Gasteiger partial charge on any atom is 0.266 e. The zero-order valence-corrected chi connectivity index (χ0v) is 18.4. The maximum atomic E-state index is 12.7. The summed E-state index contributed by atoms with van der Waals surface area (Å²) >= 11 is 0. The molecule has 0 aliphatic heterocycles. The Morgan fingerprint density at radius 2 is 1.94 bits per heavy atom. The zero-order chi connectivity index (χ0) is 23.9. The Labute approximate surface area is 196 Å². The van der Waals surface area contributed by atoms with Crippen molar-refractivity contribution in [3.8, 4) is 11.3 Å². The summed E-state index contributed by atoms with van der Waals surface area (Å²) in [7, 11) is 0. The first-order chi connectivity index (χ1) is 16.5. The molecule has 1 unspecified atom stereocenters. The van der Waals surface area contributed by atoms with Crippen LogP contribution in [0.4, 0.5) is 11.6 Å². The number of nitrogens with zero attached hydrogens (tertiary/aromatic N) is 3. The van der Waals surface area contributed by atoms with Crippen molar-refractivity contribution in [2.24, 2.45) is 0 Å². The van der Waals surface area contributed by atoms with Crippen LogP contribution in [0, 0.1) is 5.41 Å². The molecule has 9 heteroatoms. The molecule has 1 aliphatic carbocycles. The molecule has 1 aromatic carbocycles. The smallest absolute Gasteiger partial charge is 0.266 e. The van der Waals surface area contributed by atoms with Gasteiger partial charge in [-0.2, -0.15) is 0 Å². The van der Waals surface area contributed by atoms with Gasteiger partial charge in [0.05, 0.1) is 18.0 Å². The molecule has 3 aromatic rings. The molecule has 4 N–H and O–H groups in total. The van der Waals surface area contributed by atoms with Gasteiger partial charge >= 0.3 is 0 Å². The van der Waals surface area contributed by atoms with E-state index in [-0.39, 0.29) is 11.9 Å². The fourth-order valence-corrected chi connectivity index (χ4v) is 3.42. The lowest BCUT2D eigenvalue weighted by molar-refractivity contribution is -0.110. The number of benzene rings is 1. The maximum absolute atomic E-state index is 12.7. The largest absolute Gasteiger partial charge is 0.345 e. The Morgan fingerprint density at radius 3 is 2.68 bits per heavy atom. The van der Waals surface area contributed by atoms with E-state index in [1.807, 2.05) is 37.3 Å². The third kappa shape index (κ3) is 5.57. The van der Waals surface area contributed by atoms with Gasteiger partial charge in [0.2, 0.25) is 5.95 Å². The van der Waals surface area contributed by atoms with Gasteiger partial charge in [-0.05, 0) is 55.0 Å². The van der Waals surface area contributed by atoms with Gasteiger partial charge in [-0.1, -0.05) is 12.2 Å². The van der Waals surface area contributed by atoms with Crippen LogP contribution in [0.1, 0.15) is 23.7 Å². The number of rotatable bonds is 7. The highest BCUT2D eigenvalue weighted by atomic mass is 16.2. The van der Waals surface area contributed by atoms with Crippen molar-refractivity contribution in [3.05, 3.63) is 90.0 Å². The Kier molecular flexibility index (Phi) is 6.83. The lowest BCUT2D eigenvalue weighted by Gasteiger charge is -2.23. The number of pyridine rings is 1. The number of carbonyl (C=O) groups is 2. The van der Waals surface area contributed by atoms with E-state index in [1.165, 1.54) is 0 Å². The van der Waals surface area contributed by atoms with Crippen LogP contribution < -0.4 is 16.0 Å². The fourth-order valence-electron chi connectivity index (χ4n) is 3.42. The number of nitrogens with one attached hydrogen (secondary N) is 4. The summed E-state index contributed by atoms with van der Waals surface area (Å²) in [5.41, 5.74) is 4.60. The van der Waals surface area contributed by atoms with E-state index in [0.29, 0.717) is 29.8 Å². The molecule has 9 nitrogen and oxygen atoms in total. The molecule has 0 fully saturated rings. The first kappa shape index (κ1) is 22.5.